The first-order valence-electron chi connectivity index (χ1n) is 9.81. The predicted molar refractivity (Wildman–Crippen MR) is 122 cm³/mol. The molecule has 0 atom stereocenters. The number of anilines is 2. The summed E-state index contributed by atoms with van der Waals surface area (Å²) in [6.45, 7) is 2.40. The number of halogens is 2. The first-order valence-corrected chi connectivity index (χ1v) is 10.6. The highest BCUT2D eigenvalue weighted by Crippen LogP contribution is 2.30. The Labute approximate surface area is 193 Å². The van der Waals surface area contributed by atoms with Gasteiger partial charge in [0.15, 0.2) is 0 Å². The van der Waals surface area contributed by atoms with Crippen molar-refractivity contribution in [1.29, 1.82) is 0 Å². The summed E-state index contributed by atoms with van der Waals surface area (Å²) >= 11 is 12.3. The molecule has 0 saturated carbocycles. The second kappa shape index (κ2) is 9.56. The predicted octanol–water partition coefficient (Wildman–Crippen LogP) is 4.24. The van der Waals surface area contributed by atoms with Crippen molar-refractivity contribution < 1.29 is 14.5 Å². The summed E-state index contributed by atoms with van der Waals surface area (Å²) in [6.07, 6.45) is 1.54. The van der Waals surface area contributed by atoms with Crippen LogP contribution in [0.2, 0.25) is 10.0 Å². The molecule has 1 saturated heterocycles. The zero-order chi connectivity index (χ0) is 22.7. The number of nitro benzene ring substituents is 1. The van der Waals surface area contributed by atoms with E-state index in [2.05, 4.69) is 10.4 Å². The van der Waals surface area contributed by atoms with Gasteiger partial charge < -0.3 is 15.0 Å². The molecule has 2 aromatic carbocycles. The number of ether oxygens (including phenoxy) is 1. The van der Waals surface area contributed by atoms with Crippen molar-refractivity contribution in [2.75, 3.05) is 36.5 Å². The second-order valence-electron chi connectivity index (χ2n) is 7.10. The van der Waals surface area contributed by atoms with Crippen molar-refractivity contribution in [3.63, 3.8) is 0 Å². The van der Waals surface area contributed by atoms with E-state index < -0.39 is 10.8 Å². The third-order valence-corrected chi connectivity index (χ3v) is 5.95. The number of amides is 1. The van der Waals surface area contributed by atoms with Crippen LogP contribution in [0.15, 0.2) is 48.7 Å². The molecule has 4 rings (SSSR count). The number of morpholine rings is 1. The van der Waals surface area contributed by atoms with E-state index in [1.165, 1.54) is 12.3 Å². The van der Waals surface area contributed by atoms with E-state index in [9.17, 15) is 14.9 Å². The number of nitrogens with zero attached hydrogens (tertiary/aromatic N) is 4. The van der Waals surface area contributed by atoms with E-state index in [4.69, 9.17) is 27.9 Å². The molecule has 1 amide bonds. The molecular formula is C21H19Cl2N5O4. The monoisotopic (exact) mass is 475 g/mol. The van der Waals surface area contributed by atoms with Crippen LogP contribution in [-0.2, 0) is 11.3 Å². The lowest BCUT2D eigenvalue weighted by atomic mass is 10.1. The Balaban J connectivity index is 1.55. The Hall–Kier alpha value is -3.14. The highest BCUT2D eigenvalue weighted by Gasteiger charge is 2.23. The van der Waals surface area contributed by atoms with Gasteiger partial charge in [-0.1, -0.05) is 35.3 Å². The number of carbonyl (C=O) groups is 1. The minimum Gasteiger partial charge on any atom is -0.378 e. The van der Waals surface area contributed by atoms with Crippen LogP contribution in [0.25, 0.3) is 0 Å². The highest BCUT2D eigenvalue weighted by molar-refractivity contribution is 6.42. The molecular weight excluding hydrogens is 457 g/mol. The van der Waals surface area contributed by atoms with Crippen molar-refractivity contribution in [3.05, 3.63) is 79.9 Å². The average Bonchev–Trinajstić information content (AvgIpc) is 3.23. The van der Waals surface area contributed by atoms with Gasteiger partial charge in [-0.25, -0.2) is 4.68 Å². The van der Waals surface area contributed by atoms with Crippen molar-refractivity contribution >= 4 is 46.3 Å². The van der Waals surface area contributed by atoms with Gasteiger partial charge in [-0.15, -0.1) is 0 Å². The van der Waals surface area contributed by atoms with Gasteiger partial charge in [0, 0.05) is 30.8 Å². The molecule has 2 heterocycles. The maximum atomic E-state index is 12.8. The van der Waals surface area contributed by atoms with Crippen LogP contribution in [0.3, 0.4) is 0 Å². The van der Waals surface area contributed by atoms with Crippen LogP contribution in [0.1, 0.15) is 15.9 Å². The van der Waals surface area contributed by atoms with Crippen LogP contribution in [0, 0.1) is 10.1 Å². The fourth-order valence-corrected chi connectivity index (χ4v) is 3.85. The Bertz CT molecular complexity index is 1160. The summed E-state index contributed by atoms with van der Waals surface area (Å²) in [5.74, 6) is -0.0634. The lowest BCUT2D eigenvalue weighted by Crippen LogP contribution is -2.36. The number of hydrogen-bond acceptors (Lipinski definition) is 6. The first kappa shape index (κ1) is 22.1. The molecule has 166 valence electrons. The van der Waals surface area contributed by atoms with Crippen LogP contribution in [0.4, 0.5) is 17.2 Å². The molecule has 1 fully saturated rings. The summed E-state index contributed by atoms with van der Waals surface area (Å²) in [6, 6.07) is 11.4. The summed E-state index contributed by atoms with van der Waals surface area (Å²) in [4.78, 5) is 25.9. The number of benzene rings is 2. The SMILES string of the molecule is O=C(Nc1ccnn1Cc1cccc(Cl)c1Cl)c1ccc(N2CCOCC2)c([N+](=O)[O-])c1. The lowest BCUT2D eigenvalue weighted by molar-refractivity contribution is -0.384. The molecule has 0 aliphatic carbocycles. The molecule has 32 heavy (non-hydrogen) atoms. The van der Waals surface area contributed by atoms with E-state index in [0.29, 0.717) is 47.9 Å². The number of hydrogen-bond donors (Lipinski definition) is 1. The summed E-state index contributed by atoms with van der Waals surface area (Å²) in [5.41, 5.74) is 1.25. The van der Waals surface area contributed by atoms with Gasteiger partial charge >= 0.3 is 0 Å². The number of carbonyl (C=O) groups excluding carboxylic acids is 1. The molecule has 1 aliphatic rings. The number of nitrogens with one attached hydrogen (secondary N) is 1. The largest absolute Gasteiger partial charge is 0.378 e. The van der Waals surface area contributed by atoms with Crippen molar-refractivity contribution in [1.82, 2.24) is 9.78 Å². The molecule has 0 spiro atoms. The molecule has 1 N–H and O–H groups in total. The number of aromatic nitrogens is 2. The number of rotatable bonds is 6. The third kappa shape index (κ3) is 4.69. The fraction of sp³-hybridized carbons (Fsp3) is 0.238. The van der Waals surface area contributed by atoms with Crippen molar-refractivity contribution in [2.45, 2.75) is 6.54 Å². The Morgan fingerprint density at radius 1 is 1.19 bits per heavy atom. The quantitative estimate of drug-likeness (QED) is 0.422. The minimum atomic E-state index is -0.486. The van der Waals surface area contributed by atoms with Crippen molar-refractivity contribution in [3.8, 4) is 0 Å². The molecule has 11 heteroatoms. The van der Waals surface area contributed by atoms with Crippen LogP contribution < -0.4 is 10.2 Å². The first-order chi connectivity index (χ1) is 15.4. The smallest absolute Gasteiger partial charge is 0.293 e. The van der Waals surface area contributed by atoms with E-state index in [1.54, 1.807) is 35.0 Å². The molecule has 3 aromatic rings. The van der Waals surface area contributed by atoms with E-state index in [-0.39, 0.29) is 17.8 Å². The van der Waals surface area contributed by atoms with Crippen molar-refractivity contribution in [2.24, 2.45) is 0 Å². The molecule has 1 aromatic heterocycles. The fourth-order valence-electron chi connectivity index (χ4n) is 3.47. The lowest BCUT2D eigenvalue weighted by Gasteiger charge is -2.28. The van der Waals surface area contributed by atoms with Gasteiger partial charge in [-0.3, -0.25) is 14.9 Å². The van der Waals surface area contributed by atoms with E-state index in [0.717, 1.165) is 5.56 Å². The average molecular weight is 476 g/mol. The summed E-state index contributed by atoms with van der Waals surface area (Å²) in [7, 11) is 0. The second-order valence-corrected chi connectivity index (χ2v) is 7.89. The molecule has 0 radical (unpaired) electrons. The van der Waals surface area contributed by atoms with E-state index >= 15 is 0 Å². The Morgan fingerprint density at radius 2 is 1.97 bits per heavy atom. The Morgan fingerprint density at radius 3 is 2.72 bits per heavy atom. The minimum absolute atomic E-state index is 0.126. The third-order valence-electron chi connectivity index (χ3n) is 5.10. The molecule has 1 aliphatic heterocycles. The van der Waals surface area contributed by atoms with Crippen LogP contribution >= 0.6 is 23.2 Å². The van der Waals surface area contributed by atoms with Crippen LogP contribution in [-0.4, -0.2) is 46.9 Å². The van der Waals surface area contributed by atoms with Gasteiger partial charge in [0.05, 0.1) is 40.9 Å². The van der Waals surface area contributed by atoms with E-state index in [1.807, 2.05) is 11.0 Å². The Kier molecular flexibility index (Phi) is 6.59. The normalized spacial score (nSPS) is 13.8. The van der Waals surface area contributed by atoms with Gasteiger partial charge in [0.1, 0.15) is 11.5 Å². The maximum Gasteiger partial charge on any atom is 0.293 e. The summed E-state index contributed by atoms with van der Waals surface area (Å²) < 4.78 is 6.87. The zero-order valence-electron chi connectivity index (χ0n) is 16.8. The molecule has 9 nitrogen and oxygen atoms in total. The number of nitro groups is 1. The van der Waals surface area contributed by atoms with Gasteiger partial charge in [0.2, 0.25) is 0 Å². The molecule has 0 bridgehead atoms. The zero-order valence-corrected chi connectivity index (χ0v) is 18.3. The topological polar surface area (TPSA) is 103 Å². The summed E-state index contributed by atoms with van der Waals surface area (Å²) in [5, 5.41) is 19.5. The highest BCUT2D eigenvalue weighted by atomic mass is 35.5. The molecule has 0 unspecified atom stereocenters. The van der Waals surface area contributed by atoms with Crippen LogP contribution in [0.5, 0.6) is 0 Å². The van der Waals surface area contributed by atoms with Gasteiger partial charge in [0.25, 0.3) is 11.6 Å². The maximum absolute atomic E-state index is 12.8. The van der Waals surface area contributed by atoms with Gasteiger partial charge in [-0.2, -0.15) is 5.10 Å². The standard InChI is InChI=1S/C21H19Cl2N5O4/c22-16-3-1-2-15(20(16)23)13-27-19(6-7-24-27)25-21(29)14-4-5-17(18(12-14)28(30)31)26-8-10-32-11-9-26/h1-7,12H,8-11,13H2,(H,25,29). The van der Waals surface area contributed by atoms with Gasteiger partial charge in [-0.05, 0) is 23.8 Å².